The Balaban J connectivity index is 1.75. The molecule has 6 nitrogen and oxygen atoms in total. The lowest BCUT2D eigenvalue weighted by Gasteiger charge is -2.26. The highest BCUT2D eigenvalue weighted by molar-refractivity contribution is 5.99. The monoisotopic (exact) mass is 508 g/mol. The molecule has 0 aliphatic carbocycles. The Bertz CT molecular complexity index is 950. The van der Waals surface area contributed by atoms with Crippen LogP contribution in [0.2, 0.25) is 0 Å². The number of nitrogens with one attached hydrogen (secondary N) is 1. The third-order valence-corrected chi connectivity index (χ3v) is 6.21. The minimum absolute atomic E-state index is 0.162. The third-order valence-electron chi connectivity index (χ3n) is 6.21. The van der Waals surface area contributed by atoms with E-state index in [2.05, 4.69) is 49.7 Å². The van der Waals surface area contributed by atoms with E-state index in [1.807, 2.05) is 36.5 Å². The van der Waals surface area contributed by atoms with Crippen LogP contribution in [0, 0.1) is 5.92 Å². The molecule has 0 saturated carbocycles. The van der Waals surface area contributed by atoms with Crippen molar-refractivity contribution in [1.82, 2.24) is 5.43 Å². The summed E-state index contributed by atoms with van der Waals surface area (Å²) in [6.07, 6.45) is 31.5. The SMILES string of the molecule is CCCCC[C@H](O)/C=C/C=C\C/C=C\C/C=C\CCC(C)C1=CCOC(C2=CC=CCO2)=C1C(=O)NN. The van der Waals surface area contributed by atoms with Crippen molar-refractivity contribution in [2.75, 3.05) is 13.2 Å². The summed E-state index contributed by atoms with van der Waals surface area (Å²) in [5.41, 5.74) is 3.64. The highest BCUT2D eigenvalue weighted by atomic mass is 16.5. The van der Waals surface area contributed by atoms with Crippen molar-refractivity contribution >= 4 is 5.91 Å². The van der Waals surface area contributed by atoms with Crippen molar-refractivity contribution in [2.45, 2.75) is 71.3 Å². The quantitative estimate of drug-likeness (QED) is 0.0592. The summed E-state index contributed by atoms with van der Waals surface area (Å²) in [5.74, 6) is 6.26. The highest BCUT2D eigenvalue weighted by Gasteiger charge is 2.29. The Morgan fingerprint density at radius 1 is 1.08 bits per heavy atom. The molecule has 37 heavy (non-hydrogen) atoms. The first kappa shape index (κ1) is 30.1. The Morgan fingerprint density at radius 3 is 2.59 bits per heavy atom. The number of nitrogens with two attached hydrogens (primary N) is 1. The minimum atomic E-state index is -0.375. The number of aliphatic hydroxyl groups excluding tert-OH is 1. The number of ether oxygens (including phenoxy) is 2. The van der Waals surface area contributed by atoms with E-state index in [0.717, 1.165) is 44.1 Å². The first-order chi connectivity index (χ1) is 18.1. The molecule has 0 spiro atoms. The summed E-state index contributed by atoms with van der Waals surface area (Å²) in [4.78, 5) is 12.6. The number of aliphatic hydroxyl groups is 1. The Morgan fingerprint density at radius 2 is 1.86 bits per heavy atom. The van der Waals surface area contributed by atoms with Gasteiger partial charge in [0.1, 0.15) is 13.2 Å². The van der Waals surface area contributed by atoms with Crippen LogP contribution < -0.4 is 11.3 Å². The number of carbonyl (C=O) groups is 1. The molecule has 0 saturated heterocycles. The highest BCUT2D eigenvalue weighted by Crippen LogP contribution is 2.33. The van der Waals surface area contributed by atoms with Crippen LogP contribution in [0.1, 0.15) is 65.2 Å². The number of carbonyl (C=O) groups excluding carboxylic acids is 1. The van der Waals surface area contributed by atoms with Crippen LogP contribution in [0.3, 0.4) is 0 Å². The molecule has 2 rings (SSSR count). The zero-order chi connectivity index (χ0) is 26.7. The Kier molecular flexibility index (Phi) is 14.8. The third kappa shape index (κ3) is 11.2. The van der Waals surface area contributed by atoms with E-state index in [4.69, 9.17) is 15.3 Å². The molecular formula is C31H44N2O4. The molecule has 4 N–H and O–H groups in total. The predicted molar refractivity (Wildman–Crippen MR) is 151 cm³/mol. The molecule has 202 valence electrons. The first-order valence-corrected chi connectivity index (χ1v) is 13.5. The number of hydrogen-bond donors (Lipinski definition) is 3. The maximum Gasteiger partial charge on any atom is 0.269 e. The summed E-state index contributed by atoms with van der Waals surface area (Å²) in [5, 5.41) is 9.86. The van der Waals surface area contributed by atoms with Gasteiger partial charge in [0.2, 0.25) is 0 Å². The van der Waals surface area contributed by atoms with E-state index in [1.165, 1.54) is 12.8 Å². The molecule has 1 amide bonds. The van der Waals surface area contributed by atoms with E-state index in [9.17, 15) is 9.90 Å². The zero-order valence-corrected chi connectivity index (χ0v) is 22.4. The van der Waals surface area contributed by atoms with Crippen molar-refractivity contribution in [3.63, 3.8) is 0 Å². The van der Waals surface area contributed by atoms with Gasteiger partial charge in [-0.05, 0) is 61.8 Å². The van der Waals surface area contributed by atoms with Crippen LogP contribution in [0.4, 0.5) is 0 Å². The fourth-order valence-electron chi connectivity index (χ4n) is 4.12. The maximum absolute atomic E-state index is 12.6. The van der Waals surface area contributed by atoms with Crippen molar-refractivity contribution in [3.05, 3.63) is 95.6 Å². The van der Waals surface area contributed by atoms with E-state index in [-0.39, 0.29) is 17.9 Å². The average Bonchev–Trinajstić information content (AvgIpc) is 2.93. The fourth-order valence-corrected chi connectivity index (χ4v) is 4.12. The van der Waals surface area contributed by atoms with E-state index >= 15 is 0 Å². The summed E-state index contributed by atoms with van der Waals surface area (Å²) in [6, 6.07) is 0. The first-order valence-electron chi connectivity index (χ1n) is 13.5. The summed E-state index contributed by atoms with van der Waals surface area (Å²) in [7, 11) is 0. The molecule has 2 aliphatic heterocycles. The lowest BCUT2D eigenvalue weighted by molar-refractivity contribution is -0.117. The topological polar surface area (TPSA) is 93.8 Å². The molecule has 2 heterocycles. The second kappa shape index (κ2) is 18.2. The van der Waals surface area contributed by atoms with Gasteiger partial charge in [-0.3, -0.25) is 10.2 Å². The van der Waals surface area contributed by atoms with Crippen LogP contribution in [0.5, 0.6) is 0 Å². The number of rotatable bonds is 16. The smallest absolute Gasteiger partial charge is 0.269 e. The van der Waals surface area contributed by atoms with Crippen molar-refractivity contribution in [2.24, 2.45) is 11.8 Å². The van der Waals surface area contributed by atoms with Crippen molar-refractivity contribution in [3.8, 4) is 0 Å². The molecule has 0 aromatic rings. The van der Waals surface area contributed by atoms with Gasteiger partial charge < -0.3 is 14.6 Å². The second-order valence-corrected chi connectivity index (χ2v) is 9.19. The van der Waals surface area contributed by atoms with Crippen molar-refractivity contribution < 1.29 is 19.4 Å². The molecule has 0 fully saturated rings. The molecular weight excluding hydrogens is 464 g/mol. The standard InChI is InChI=1S/C31H44N2O4/c1-3-4-13-19-26(34)20-15-12-10-8-6-5-7-9-11-14-18-25(2)27-22-24-37-30(29(27)31(35)33-32)28-21-16-17-23-36-28/h5-6,9-12,15-17,20-22,25-26,34H,3-4,7-8,13-14,18-19,23-24,32H2,1-2H3,(H,33,35)/b6-5-,11-9-,12-10-,20-15+/t25?,26-/m0/s1. The maximum atomic E-state index is 12.6. The minimum Gasteiger partial charge on any atom is -0.486 e. The Hall–Kier alpha value is -3.09. The number of hydrogen-bond acceptors (Lipinski definition) is 5. The van der Waals surface area contributed by atoms with Gasteiger partial charge in [-0.1, -0.05) is 87.8 Å². The van der Waals surface area contributed by atoms with Gasteiger partial charge in [0.15, 0.2) is 11.5 Å². The normalized spacial score (nSPS) is 17.8. The van der Waals surface area contributed by atoms with Crippen LogP contribution >= 0.6 is 0 Å². The number of hydrazine groups is 1. The molecule has 2 atom stereocenters. The fraction of sp³-hybridized carbons (Fsp3) is 0.452. The van der Waals surface area contributed by atoms with Gasteiger partial charge in [-0.25, -0.2) is 5.84 Å². The van der Waals surface area contributed by atoms with Crippen LogP contribution in [-0.4, -0.2) is 30.3 Å². The summed E-state index contributed by atoms with van der Waals surface area (Å²) < 4.78 is 11.5. The number of allylic oxidation sites excluding steroid dienone is 9. The van der Waals surface area contributed by atoms with Crippen LogP contribution in [0.25, 0.3) is 0 Å². The number of unbranched alkanes of at least 4 members (excludes halogenated alkanes) is 2. The van der Waals surface area contributed by atoms with Gasteiger partial charge in [0.25, 0.3) is 5.91 Å². The van der Waals surface area contributed by atoms with E-state index < -0.39 is 0 Å². The van der Waals surface area contributed by atoms with Gasteiger partial charge in [0.05, 0.1) is 11.7 Å². The van der Waals surface area contributed by atoms with Crippen molar-refractivity contribution in [1.29, 1.82) is 0 Å². The molecule has 2 aliphatic rings. The lowest BCUT2D eigenvalue weighted by Crippen LogP contribution is -2.35. The summed E-state index contributed by atoms with van der Waals surface area (Å²) in [6.45, 7) is 5.12. The largest absolute Gasteiger partial charge is 0.486 e. The molecule has 0 bridgehead atoms. The van der Waals surface area contributed by atoms with E-state index in [1.54, 1.807) is 6.08 Å². The summed E-state index contributed by atoms with van der Waals surface area (Å²) >= 11 is 0. The molecule has 1 unspecified atom stereocenters. The lowest BCUT2D eigenvalue weighted by atomic mass is 9.87. The van der Waals surface area contributed by atoms with E-state index in [0.29, 0.717) is 30.3 Å². The van der Waals surface area contributed by atoms with Gasteiger partial charge in [-0.15, -0.1) is 0 Å². The zero-order valence-electron chi connectivity index (χ0n) is 22.4. The molecule has 0 aromatic heterocycles. The molecule has 0 radical (unpaired) electrons. The predicted octanol–water partition coefficient (Wildman–Crippen LogP) is 6.02. The second-order valence-electron chi connectivity index (χ2n) is 9.19. The molecule has 0 aromatic carbocycles. The van der Waals surface area contributed by atoms with Gasteiger partial charge in [0, 0.05) is 0 Å². The average molecular weight is 509 g/mol. The van der Waals surface area contributed by atoms with Gasteiger partial charge >= 0.3 is 0 Å². The Labute approximate surface area is 222 Å². The molecule has 6 heteroatoms. The van der Waals surface area contributed by atoms with Gasteiger partial charge in [-0.2, -0.15) is 0 Å². The van der Waals surface area contributed by atoms with Crippen LogP contribution in [-0.2, 0) is 14.3 Å². The van der Waals surface area contributed by atoms with Crippen LogP contribution in [0.15, 0.2) is 95.6 Å². The number of amides is 1.